The number of benzene rings is 2. The molecule has 0 fully saturated rings. The topological polar surface area (TPSA) is 49.6 Å². The summed E-state index contributed by atoms with van der Waals surface area (Å²) in [5, 5.41) is 2.94. The second kappa shape index (κ2) is 7.19. The van der Waals surface area contributed by atoms with E-state index in [1.54, 1.807) is 0 Å². The van der Waals surface area contributed by atoms with E-state index in [1.807, 2.05) is 61.1 Å². The van der Waals surface area contributed by atoms with Crippen LogP contribution in [-0.2, 0) is 4.79 Å². The van der Waals surface area contributed by atoms with Gasteiger partial charge in [-0.05, 0) is 12.1 Å². The van der Waals surface area contributed by atoms with Gasteiger partial charge < -0.3 is 10.2 Å². The van der Waals surface area contributed by atoms with E-state index in [1.165, 1.54) is 6.92 Å². The number of nitrogens with one attached hydrogen (secondary N) is 1. The standard InChI is InChI=1S/C23H22N4O/c1-16(28)25-20-13-18(19-11-7-8-12-21(19)26(2)3)15-27-22(14-24-23(20)27)17-9-5-4-6-10-17/h4-15H,1-3H3,(H,25,28). The molecule has 0 saturated carbocycles. The summed E-state index contributed by atoms with van der Waals surface area (Å²) < 4.78 is 2.04. The van der Waals surface area contributed by atoms with E-state index in [0.717, 1.165) is 33.7 Å². The Morgan fingerprint density at radius 1 is 1.00 bits per heavy atom. The summed E-state index contributed by atoms with van der Waals surface area (Å²) in [6.07, 6.45) is 3.93. The lowest BCUT2D eigenvalue weighted by atomic mass is 10.0. The molecule has 2 aromatic heterocycles. The molecule has 0 unspecified atom stereocenters. The molecule has 0 radical (unpaired) electrons. The largest absolute Gasteiger partial charge is 0.377 e. The monoisotopic (exact) mass is 370 g/mol. The minimum absolute atomic E-state index is 0.121. The van der Waals surface area contributed by atoms with E-state index in [0.29, 0.717) is 5.69 Å². The minimum Gasteiger partial charge on any atom is -0.377 e. The summed E-state index contributed by atoms with van der Waals surface area (Å²) >= 11 is 0. The van der Waals surface area contributed by atoms with E-state index in [2.05, 4.69) is 45.7 Å². The molecule has 28 heavy (non-hydrogen) atoms. The Kier molecular flexibility index (Phi) is 4.57. The molecule has 0 atom stereocenters. The van der Waals surface area contributed by atoms with E-state index in [9.17, 15) is 4.79 Å². The molecule has 0 saturated heterocycles. The van der Waals surface area contributed by atoms with Crippen molar-refractivity contribution < 1.29 is 4.79 Å². The average molecular weight is 370 g/mol. The Bertz CT molecular complexity index is 1150. The van der Waals surface area contributed by atoms with Crippen molar-refractivity contribution in [3.8, 4) is 22.4 Å². The SMILES string of the molecule is CC(=O)Nc1cc(-c2ccccc2N(C)C)cn2c(-c3ccccc3)cnc12. The van der Waals surface area contributed by atoms with E-state index in [-0.39, 0.29) is 5.91 Å². The zero-order valence-electron chi connectivity index (χ0n) is 16.2. The Hall–Kier alpha value is -3.60. The molecule has 1 N–H and O–H groups in total. The molecule has 2 heterocycles. The van der Waals surface area contributed by atoms with Gasteiger partial charge in [-0.25, -0.2) is 4.98 Å². The number of hydrogen-bond acceptors (Lipinski definition) is 3. The van der Waals surface area contributed by atoms with Crippen molar-refractivity contribution in [2.24, 2.45) is 0 Å². The highest BCUT2D eigenvalue weighted by Crippen LogP contribution is 2.34. The molecule has 4 aromatic rings. The lowest BCUT2D eigenvalue weighted by molar-refractivity contribution is -0.114. The number of rotatable bonds is 4. The van der Waals surface area contributed by atoms with Crippen molar-refractivity contribution in [3.63, 3.8) is 0 Å². The van der Waals surface area contributed by atoms with Crippen LogP contribution in [0.15, 0.2) is 73.1 Å². The zero-order chi connectivity index (χ0) is 19.7. The molecule has 5 nitrogen and oxygen atoms in total. The molecular weight excluding hydrogens is 348 g/mol. The van der Waals surface area contributed by atoms with Crippen LogP contribution in [0.2, 0.25) is 0 Å². The first-order valence-corrected chi connectivity index (χ1v) is 9.15. The average Bonchev–Trinajstić information content (AvgIpc) is 3.12. The first-order chi connectivity index (χ1) is 13.5. The lowest BCUT2D eigenvalue weighted by Gasteiger charge is -2.18. The van der Waals surface area contributed by atoms with Gasteiger partial charge in [0.1, 0.15) is 0 Å². The van der Waals surface area contributed by atoms with Gasteiger partial charge in [0, 0.05) is 49.6 Å². The Balaban J connectivity index is 1.99. The number of carbonyl (C=O) groups is 1. The van der Waals surface area contributed by atoms with Gasteiger partial charge in [-0.2, -0.15) is 0 Å². The number of amides is 1. The lowest BCUT2D eigenvalue weighted by Crippen LogP contribution is -2.11. The molecule has 0 aliphatic rings. The highest BCUT2D eigenvalue weighted by molar-refractivity contribution is 5.95. The zero-order valence-corrected chi connectivity index (χ0v) is 16.2. The molecule has 0 spiro atoms. The van der Waals surface area contributed by atoms with Gasteiger partial charge in [0.25, 0.3) is 0 Å². The summed E-state index contributed by atoms with van der Waals surface area (Å²) in [6.45, 7) is 1.51. The van der Waals surface area contributed by atoms with E-state index in [4.69, 9.17) is 0 Å². The summed E-state index contributed by atoms with van der Waals surface area (Å²) in [7, 11) is 4.05. The molecule has 1 amide bonds. The molecule has 140 valence electrons. The third kappa shape index (κ3) is 3.22. The number of hydrogen-bond donors (Lipinski definition) is 1. The van der Waals surface area contributed by atoms with Crippen molar-refractivity contribution in [3.05, 3.63) is 73.1 Å². The maximum atomic E-state index is 11.8. The van der Waals surface area contributed by atoms with Gasteiger partial charge >= 0.3 is 0 Å². The fourth-order valence-corrected chi connectivity index (χ4v) is 3.45. The number of pyridine rings is 1. The highest BCUT2D eigenvalue weighted by atomic mass is 16.1. The van der Waals surface area contributed by atoms with Crippen molar-refractivity contribution in [2.75, 3.05) is 24.3 Å². The fraction of sp³-hybridized carbons (Fsp3) is 0.130. The van der Waals surface area contributed by atoms with Gasteiger partial charge in [0.2, 0.25) is 5.91 Å². The van der Waals surface area contributed by atoms with Crippen LogP contribution in [0.5, 0.6) is 0 Å². The van der Waals surface area contributed by atoms with E-state index >= 15 is 0 Å². The highest BCUT2D eigenvalue weighted by Gasteiger charge is 2.15. The van der Waals surface area contributed by atoms with Crippen LogP contribution in [0.3, 0.4) is 0 Å². The Morgan fingerprint density at radius 3 is 2.43 bits per heavy atom. The number of nitrogens with zero attached hydrogens (tertiary/aromatic N) is 3. The second-order valence-electron chi connectivity index (χ2n) is 6.94. The third-order valence-electron chi connectivity index (χ3n) is 4.68. The predicted molar refractivity (Wildman–Crippen MR) is 115 cm³/mol. The van der Waals surface area contributed by atoms with Gasteiger partial charge in [-0.1, -0.05) is 48.5 Å². The summed E-state index contributed by atoms with van der Waals surface area (Å²) in [4.78, 5) is 18.5. The first kappa shape index (κ1) is 17.8. The van der Waals surface area contributed by atoms with Crippen molar-refractivity contribution in [1.82, 2.24) is 9.38 Å². The number of para-hydroxylation sites is 1. The van der Waals surface area contributed by atoms with Crippen LogP contribution in [0.25, 0.3) is 28.0 Å². The van der Waals surface area contributed by atoms with Gasteiger partial charge in [0.15, 0.2) is 5.65 Å². The van der Waals surface area contributed by atoms with Gasteiger partial charge in [-0.15, -0.1) is 0 Å². The Morgan fingerprint density at radius 2 is 1.71 bits per heavy atom. The molecule has 4 rings (SSSR count). The summed E-state index contributed by atoms with van der Waals surface area (Å²) in [5.74, 6) is -0.121. The van der Waals surface area contributed by atoms with Gasteiger partial charge in [-0.3, -0.25) is 9.20 Å². The summed E-state index contributed by atoms with van der Waals surface area (Å²) in [6, 6.07) is 20.3. The summed E-state index contributed by atoms with van der Waals surface area (Å²) in [5.41, 5.74) is 6.68. The fourth-order valence-electron chi connectivity index (χ4n) is 3.45. The molecule has 5 heteroatoms. The number of anilines is 2. The normalized spacial score (nSPS) is 10.8. The smallest absolute Gasteiger partial charge is 0.221 e. The molecular formula is C23H22N4O. The molecule has 0 aliphatic carbocycles. The predicted octanol–water partition coefficient (Wildman–Crippen LogP) is 4.69. The first-order valence-electron chi connectivity index (χ1n) is 9.15. The maximum absolute atomic E-state index is 11.8. The molecule has 0 aliphatic heterocycles. The van der Waals surface area contributed by atoms with Crippen molar-refractivity contribution in [2.45, 2.75) is 6.92 Å². The van der Waals surface area contributed by atoms with Crippen LogP contribution < -0.4 is 10.2 Å². The number of imidazole rings is 1. The molecule has 2 aromatic carbocycles. The van der Waals surface area contributed by atoms with Crippen molar-refractivity contribution in [1.29, 1.82) is 0 Å². The van der Waals surface area contributed by atoms with Crippen LogP contribution in [-0.4, -0.2) is 29.4 Å². The minimum atomic E-state index is -0.121. The molecule has 0 bridgehead atoms. The third-order valence-corrected chi connectivity index (χ3v) is 4.68. The number of fused-ring (bicyclic) bond motifs is 1. The number of aromatic nitrogens is 2. The van der Waals surface area contributed by atoms with Crippen LogP contribution >= 0.6 is 0 Å². The van der Waals surface area contributed by atoms with Crippen molar-refractivity contribution >= 4 is 22.9 Å². The second-order valence-corrected chi connectivity index (χ2v) is 6.94. The van der Waals surface area contributed by atoms with E-state index < -0.39 is 0 Å². The van der Waals surface area contributed by atoms with Crippen LogP contribution in [0, 0.1) is 0 Å². The van der Waals surface area contributed by atoms with Crippen LogP contribution in [0.4, 0.5) is 11.4 Å². The number of carbonyl (C=O) groups excluding carboxylic acids is 1. The Labute approximate surface area is 164 Å². The maximum Gasteiger partial charge on any atom is 0.221 e. The van der Waals surface area contributed by atoms with Gasteiger partial charge in [0.05, 0.1) is 17.6 Å². The van der Waals surface area contributed by atoms with Crippen LogP contribution in [0.1, 0.15) is 6.92 Å². The quantitative estimate of drug-likeness (QED) is 0.567.